The summed E-state index contributed by atoms with van der Waals surface area (Å²) in [6.45, 7) is 7.80. The van der Waals surface area contributed by atoms with E-state index in [4.69, 9.17) is 19.9 Å². The van der Waals surface area contributed by atoms with Crippen molar-refractivity contribution in [1.82, 2.24) is 16.1 Å². The molecule has 0 aliphatic carbocycles. The van der Waals surface area contributed by atoms with Gasteiger partial charge in [0.1, 0.15) is 0 Å². The molecule has 2 unspecified atom stereocenters. The molecule has 23 heavy (non-hydrogen) atoms. The number of allylic oxidation sites excluding steroid dienone is 1. The molecule has 2 heterocycles. The number of unbranched alkanes of at least 4 members (excludes halogenated alkanes) is 1. The third-order valence-corrected chi connectivity index (χ3v) is 3.35. The zero-order chi connectivity index (χ0) is 16.0. The van der Waals surface area contributed by atoms with Crippen LogP contribution in [0, 0.1) is 0 Å². The van der Waals surface area contributed by atoms with Crippen molar-refractivity contribution >= 4 is 0 Å². The topological polar surface area (TPSA) is 124 Å². The average Bonchev–Trinajstić information content (AvgIpc) is 3.37. The minimum Gasteiger partial charge on any atom is -0.412 e. The van der Waals surface area contributed by atoms with Gasteiger partial charge in [0.25, 0.3) is 0 Å². The molecule has 0 bridgehead atoms. The summed E-state index contributed by atoms with van der Waals surface area (Å²) >= 11 is 0. The predicted molar refractivity (Wildman–Crippen MR) is 87.3 cm³/mol. The minimum absolute atomic E-state index is 0. The lowest BCUT2D eigenvalue weighted by Gasteiger charge is -2.05. The summed E-state index contributed by atoms with van der Waals surface area (Å²) in [5.74, 6) is 0. The van der Waals surface area contributed by atoms with Gasteiger partial charge >= 0.3 is 0 Å². The van der Waals surface area contributed by atoms with Gasteiger partial charge in [-0.3, -0.25) is 21.3 Å². The summed E-state index contributed by atoms with van der Waals surface area (Å²) in [5.41, 5.74) is 6.43. The summed E-state index contributed by atoms with van der Waals surface area (Å²) in [6.07, 6.45) is 9.23. The molecule has 0 aromatic rings. The van der Waals surface area contributed by atoms with Gasteiger partial charge in [0.05, 0.1) is 32.0 Å². The smallest absolute Gasteiger partial charge is 0.0810 e. The fourth-order valence-corrected chi connectivity index (χ4v) is 1.86. The van der Waals surface area contributed by atoms with Crippen LogP contribution in [0.5, 0.6) is 0 Å². The molecule has 2 atom stereocenters. The number of nitrogens with zero attached hydrogens (tertiary/aromatic N) is 1. The number of hydrazine groups is 1. The zero-order valence-corrected chi connectivity index (χ0v) is 13.9. The van der Waals surface area contributed by atoms with Crippen LogP contribution in [0.1, 0.15) is 38.5 Å². The van der Waals surface area contributed by atoms with Gasteiger partial charge in [0.2, 0.25) is 0 Å². The van der Waals surface area contributed by atoms with Gasteiger partial charge in [-0.05, 0) is 38.5 Å². The Morgan fingerprint density at radius 1 is 1.00 bits per heavy atom. The van der Waals surface area contributed by atoms with Crippen molar-refractivity contribution in [2.24, 2.45) is 0 Å². The summed E-state index contributed by atoms with van der Waals surface area (Å²) in [7, 11) is 0. The molecule has 0 amide bonds. The van der Waals surface area contributed by atoms with Crippen LogP contribution in [0.2, 0.25) is 0 Å². The van der Waals surface area contributed by atoms with Crippen molar-refractivity contribution < 1.29 is 25.4 Å². The molecule has 8 heteroatoms. The second-order valence-electron chi connectivity index (χ2n) is 5.58. The van der Waals surface area contributed by atoms with E-state index in [9.17, 15) is 0 Å². The molecule has 2 rings (SSSR count). The molecule has 8 nitrogen and oxygen atoms in total. The maximum Gasteiger partial charge on any atom is 0.0810 e. The van der Waals surface area contributed by atoms with E-state index in [1.54, 1.807) is 6.08 Å². The van der Waals surface area contributed by atoms with E-state index in [0.717, 1.165) is 39.1 Å². The molecule has 0 aromatic heterocycles. The third-order valence-electron chi connectivity index (χ3n) is 3.35. The van der Waals surface area contributed by atoms with E-state index in [1.807, 2.05) is 0 Å². The van der Waals surface area contributed by atoms with Crippen LogP contribution < -0.4 is 10.9 Å². The van der Waals surface area contributed by atoms with E-state index < -0.39 is 0 Å². The van der Waals surface area contributed by atoms with Crippen LogP contribution in [0.4, 0.5) is 0 Å². The molecule has 138 valence electrons. The van der Waals surface area contributed by atoms with Crippen molar-refractivity contribution in [3.63, 3.8) is 0 Å². The molecular formula is C15H33N3O5. The van der Waals surface area contributed by atoms with Gasteiger partial charge in [-0.2, -0.15) is 0 Å². The van der Waals surface area contributed by atoms with Gasteiger partial charge in [0, 0.05) is 13.1 Å². The van der Waals surface area contributed by atoms with Crippen molar-refractivity contribution in [1.29, 1.82) is 0 Å². The highest BCUT2D eigenvalue weighted by Crippen LogP contribution is 2.15. The molecule has 0 radical (unpaired) electrons. The molecule has 0 aromatic carbocycles. The first-order valence-electron chi connectivity index (χ1n) is 8.17. The number of nitrogens with one attached hydrogen (secondary N) is 2. The third kappa shape index (κ3) is 17.6. The van der Waals surface area contributed by atoms with Crippen LogP contribution in [-0.2, 0) is 9.47 Å². The summed E-state index contributed by atoms with van der Waals surface area (Å²) in [6, 6.07) is 0. The van der Waals surface area contributed by atoms with E-state index in [1.165, 1.54) is 25.7 Å². The van der Waals surface area contributed by atoms with E-state index in [0.29, 0.717) is 12.2 Å². The Morgan fingerprint density at radius 3 is 1.83 bits per heavy atom. The monoisotopic (exact) mass is 335 g/mol. The molecular weight excluding hydrogens is 302 g/mol. The molecule has 0 saturated carbocycles. The number of rotatable bonds is 13. The van der Waals surface area contributed by atoms with Gasteiger partial charge in [-0.1, -0.05) is 11.3 Å². The van der Waals surface area contributed by atoms with Crippen LogP contribution in [-0.4, -0.2) is 66.2 Å². The normalized spacial score (nSPS) is 21.2. The highest BCUT2D eigenvalue weighted by atomic mass is 16.8. The average molecular weight is 335 g/mol. The lowest BCUT2D eigenvalue weighted by Crippen LogP contribution is -2.33. The largest absolute Gasteiger partial charge is 0.412 e. The van der Waals surface area contributed by atoms with Gasteiger partial charge in [-0.25, -0.2) is 0 Å². The number of ether oxygens (including phenoxy) is 2. The highest BCUT2D eigenvalue weighted by molar-refractivity contribution is 4.69. The molecule has 2 saturated heterocycles. The first kappa shape index (κ1) is 22.4. The molecule has 2 aliphatic heterocycles. The van der Waals surface area contributed by atoms with Gasteiger partial charge in [0.15, 0.2) is 0 Å². The van der Waals surface area contributed by atoms with Crippen molar-refractivity contribution in [3.8, 4) is 0 Å². The summed E-state index contributed by atoms with van der Waals surface area (Å²) in [4.78, 5) is 0. The molecule has 0 spiro atoms. The van der Waals surface area contributed by atoms with Gasteiger partial charge < -0.3 is 14.9 Å². The zero-order valence-electron chi connectivity index (χ0n) is 13.9. The lowest BCUT2D eigenvalue weighted by atomic mass is 10.2. The predicted octanol–water partition coefficient (Wildman–Crippen LogP) is 0.647. The Hall–Kier alpha value is -0.580. The Kier molecular flexibility index (Phi) is 14.6. The van der Waals surface area contributed by atoms with Crippen LogP contribution >= 0.6 is 0 Å². The molecule has 6 N–H and O–H groups in total. The van der Waals surface area contributed by atoms with E-state index >= 15 is 0 Å². The maximum atomic E-state index is 8.13. The van der Waals surface area contributed by atoms with Crippen LogP contribution in [0.3, 0.4) is 0 Å². The number of hydrogen-bond donors (Lipinski definition) is 4. The number of hydrogen-bond acceptors (Lipinski definition) is 7. The highest BCUT2D eigenvalue weighted by Gasteiger charge is 2.21. The second-order valence-corrected chi connectivity index (χ2v) is 5.58. The van der Waals surface area contributed by atoms with Crippen molar-refractivity contribution in [2.75, 3.05) is 32.8 Å². The minimum atomic E-state index is 0. The second kappa shape index (κ2) is 15.0. The first-order chi connectivity index (χ1) is 10.7. The van der Waals surface area contributed by atoms with Crippen LogP contribution in [0.15, 0.2) is 12.7 Å². The number of hydroxylamine groups is 2. The standard InChI is InChI=1S/C10H20N2O2.C5H11NO2.H2O/c1(3-9-7-13-9)5-11-12-6-2-4-10-8-14-10;1-2-3-4-5-6(7)8;/h9-12H,1-8H2;2,7-8H,1,3-5H2;1H2. The summed E-state index contributed by atoms with van der Waals surface area (Å²) in [5, 5.41) is 16.5. The van der Waals surface area contributed by atoms with Crippen molar-refractivity contribution in [3.05, 3.63) is 12.7 Å². The fraction of sp³-hybridized carbons (Fsp3) is 0.867. The number of epoxide rings is 2. The Balaban J connectivity index is 0.000000469. The van der Waals surface area contributed by atoms with Gasteiger partial charge in [-0.15, -0.1) is 6.58 Å². The van der Waals surface area contributed by atoms with E-state index in [-0.39, 0.29) is 17.2 Å². The SMILES string of the molecule is C(CNNCCCC1CO1)CC1CO1.C=CCCCN(O)O.O. The lowest BCUT2D eigenvalue weighted by molar-refractivity contribution is -0.306. The Labute approximate surface area is 138 Å². The first-order valence-corrected chi connectivity index (χ1v) is 8.17. The quantitative estimate of drug-likeness (QED) is 0.168. The molecule has 2 aliphatic rings. The van der Waals surface area contributed by atoms with Crippen molar-refractivity contribution in [2.45, 2.75) is 50.7 Å². The van der Waals surface area contributed by atoms with Crippen LogP contribution in [0.25, 0.3) is 0 Å². The summed E-state index contributed by atoms with van der Waals surface area (Å²) < 4.78 is 10.2. The Bertz CT molecular complexity index is 256. The molecule has 2 fully saturated rings. The Morgan fingerprint density at radius 2 is 1.48 bits per heavy atom. The fourth-order valence-electron chi connectivity index (χ4n) is 1.86. The maximum absolute atomic E-state index is 8.13. The van der Waals surface area contributed by atoms with E-state index in [2.05, 4.69) is 17.4 Å².